The molecule has 1 aliphatic heterocycles. The molecule has 5 heteroatoms. The van der Waals surface area contributed by atoms with E-state index in [0.717, 1.165) is 24.0 Å². The molecule has 0 unspecified atom stereocenters. The molecular formula is C12H13BrFNO2. The Hall–Kier alpha value is -1.10. The van der Waals surface area contributed by atoms with E-state index in [4.69, 9.17) is 5.11 Å². The molecule has 1 fully saturated rings. The van der Waals surface area contributed by atoms with Gasteiger partial charge >= 0.3 is 6.09 Å². The van der Waals surface area contributed by atoms with E-state index in [1.165, 1.54) is 11.0 Å². The van der Waals surface area contributed by atoms with Crippen LogP contribution in [0.25, 0.3) is 0 Å². The Morgan fingerprint density at radius 1 is 1.59 bits per heavy atom. The Kier molecular flexibility index (Phi) is 3.38. The number of carbonyl (C=O) groups is 1. The highest BCUT2D eigenvalue weighted by Crippen LogP contribution is 2.34. The van der Waals surface area contributed by atoms with Gasteiger partial charge in [0.2, 0.25) is 0 Å². The van der Waals surface area contributed by atoms with Crippen LogP contribution in [0.5, 0.6) is 0 Å². The number of carboxylic acid groups (broad SMARTS) is 1. The lowest BCUT2D eigenvalue weighted by atomic mass is 10.0. The predicted molar refractivity (Wildman–Crippen MR) is 65.5 cm³/mol. The zero-order valence-electron chi connectivity index (χ0n) is 9.41. The number of benzene rings is 1. The maximum Gasteiger partial charge on any atom is 0.407 e. The average Bonchev–Trinajstić information content (AvgIpc) is 2.74. The Morgan fingerprint density at radius 3 is 2.88 bits per heavy atom. The summed E-state index contributed by atoms with van der Waals surface area (Å²) in [6, 6.07) is 3.05. The van der Waals surface area contributed by atoms with Crippen LogP contribution in [0.1, 0.15) is 30.0 Å². The second kappa shape index (κ2) is 4.64. The summed E-state index contributed by atoms with van der Waals surface area (Å²) in [4.78, 5) is 12.4. The third-order valence-electron chi connectivity index (χ3n) is 3.12. The highest BCUT2D eigenvalue weighted by molar-refractivity contribution is 9.10. The first-order valence-electron chi connectivity index (χ1n) is 5.46. The number of hydrogen-bond donors (Lipinski definition) is 1. The van der Waals surface area contributed by atoms with Gasteiger partial charge in [0.05, 0.1) is 10.5 Å². The molecule has 1 heterocycles. The Morgan fingerprint density at radius 2 is 2.29 bits per heavy atom. The van der Waals surface area contributed by atoms with Crippen molar-refractivity contribution in [1.29, 1.82) is 0 Å². The van der Waals surface area contributed by atoms with E-state index in [2.05, 4.69) is 15.9 Å². The van der Waals surface area contributed by atoms with Crippen LogP contribution in [0, 0.1) is 12.7 Å². The fourth-order valence-electron chi connectivity index (χ4n) is 2.29. The summed E-state index contributed by atoms with van der Waals surface area (Å²) < 4.78 is 14.1. The first-order valence-corrected chi connectivity index (χ1v) is 6.25. The molecule has 1 atom stereocenters. The molecule has 1 aromatic carbocycles. The van der Waals surface area contributed by atoms with Crippen LogP contribution < -0.4 is 0 Å². The Labute approximate surface area is 107 Å². The third-order valence-corrected chi connectivity index (χ3v) is 4.12. The van der Waals surface area contributed by atoms with Gasteiger partial charge in [0.25, 0.3) is 0 Å². The molecular weight excluding hydrogens is 289 g/mol. The molecule has 0 aromatic heterocycles. The van der Waals surface area contributed by atoms with E-state index >= 15 is 0 Å². The second-order valence-electron chi connectivity index (χ2n) is 4.27. The molecule has 1 amide bonds. The van der Waals surface area contributed by atoms with Crippen molar-refractivity contribution in [2.24, 2.45) is 0 Å². The minimum atomic E-state index is -0.937. The number of rotatable bonds is 1. The molecule has 2 rings (SSSR count). The van der Waals surface area contributed by atoms with Crippen molar-refractivity contribution in [3.8, 4) is 0 Å². The first-order chi connectivity index (χ1) is 8.00. The first kappa shape index (κ1) is 12.4. The van der Waals surface area contributed by atoms with Crippen LogP contribution in [0.4, 0.5) is 9.18 Å². The lowest BCUT2D eigenvalue weighted by Crippen LogP contribution is -2.28. The Balaban J connectivity index is 2.37. The van der Waals surface area contributed by atoms with Crippen molar-refractivity contribution in [1.82, 2.24) is 4.90 Å². The van der Waals surface area contributed by atoms with Crippen molar-refractivity contribution in [2.45, 2.75) is 25.8 Å². The van der Waals surface area contributed by atoms with Gasteiger partial charge in [-0.15, -0.1) is 0 Å². The summed E-state index contributed by atoms with van der Waals surface area (Å²) in [7, 11) is 0. The van der Waals surface area contributed by atoms with E-state index in [0.29, 0.717) is 11.0 Å². The highest BCUT2D eigenvalue weighted by atomic mass is 79.9. The molecule has 3 nitrogen and oxygen atoms in total. The van der Waals surface area contributed by atoms with Gasteiger partial charge in [-0.3, -0.25) is 0 Å². The lowest BCUT2D eigenvalue weighted by Gasteiger charge is -2.22. The molecule has 1 aromatic rings. The van der Waals surface area contributed by atoms with E-state index in [-0.39, 0.29) is 11.9 Å². The minimum absolute atomic E-state index is 0.214. The average molecular weight is 302 g/mol. The molecule has 1 N–H and O–H groups in total. The topological polar surface area (TPSA) is 40.5 Å². The zero-order chi connectivity index (χ0) is 12.6. The van der Waals surface area contributed by atoms with Crippen molar-refractivity contribution >= 4 is 22.0 Å². The number of hydrogen-bond acceptors (Lipinski definition) is 1. The summed E-state index contributed by atoms with van der Waals surface area (Å²) in [5.74, 6) is -0.336. The summed E-state index contributed by atoms with van der Waals surface area (Å²) in [6.07, 6.45) is 0.647. The van der Waals surface area contributed by atoms with Crippen LogP contribution in [0.3, 0.4) is 0 Å². The highest BCUT2D eigenvalue weighted by Gasteiger charge is 2.30. The molecule has 0 spiro atoms. The third kappa shape index (κ3) is 2.29. The monoisotopic (exact) mass is 301 g/mol. The Bertz CT molecular complexity index is 441. The van der Waals surface area contributed by atoms with Gasteiger partial charge < -0.3 is 10.0 Å². The molecule has 0 saturated carbocycles. The maximum atomic E-state index is 13.6. The molecule has 0 radical (unpaired) electrons. The van der Waals surface area contributed by atoms with E-state index in [1.54, 1.807) is 6.92 Å². The summed E-state index contributed by atoms with van der Waals surface area (Å²) in [6.45, 7) is 2.33. The van der Waals surface area contributed by atoms with E-state index in [1.807, 2.05) is 6.07 Å². The van der Waals surface area contributed by atoms with Crippen molar-refractivity contribution < 1.29 is 14.3 Å². The number of amides is 1. The van der Waals surface area contributed by atoms with Crippen molar-refractivity contribution in [3.63, 3.8) is 0 Å². The summed E-state index contributed by atoms with van der Waals surface area (Å²) in [5.41, 5.74) is 1.53. The molecule has 92 valence electrons. The van der Waals surface area contributed by atoms with Crippen LogP contribution in [-0.2, 0) is 0 Å². The molecule has 1 saturated heterocycles. The smallest absolute Gasteiger partial charge is 0.407 e. The molecule has 0 bridgehead atoms. The molecule has 1 aliphatic rings. The van der Waals surface area contributed by atoms with Gasteiger partial charge in [0.1, 0.15) is 5.82 Å². The van der Waals surface area contributed by atoms with Crippen LogP contribution >= 0.6 is 15.9 Å². The number of likely N-dealkylation sites (tertiary alicyclic amines) is 1. The van der Waals surface area contributed by atoms with Gasteiger partial charge in [-0.2, -0.15) is 0 Å². The fourth-order valence-corrected chi connectivity index (χ4v) is 2.52. The van der Waals surface area contributed by atoms with Gasteiger partial charge in [-0.05, 0) is 52.9 Å². The molecule has 0 aliphatic carbocycles. The van der Waals surface area contributed by atoms with Crippen LogP contribution in [0.15, 0.2) is 16.6 Å². The normalized spacial score (nSPS) is 19.7. The zero-order valence-corrected chi connectivity index (χ0v) is 11.0. The number of halogens is 2. The van der Waals surface area contributed by atoms with Gasteiger partial charge in [0.15, 0.2) is 0 Å². The lowest BCUT2D eigenvalue weighted by molar-refractivity contribution is 0.140. The van der Waals surface area contributed by atoms with Crippen LogP contribution in [0.2, 0.25) is 0 Å². The predicted octanol–water partition coefficient (Wildman–Crippen LogP) is 3.71. The number of aryl methyl sites for hydroxylation is 1. The van der Waals surface area contributed by atoms with Gasteiger partial charge in [0, 0.05) is 6.54 Å². The van der Waals surface area contributed by atoms with Crippen LogP contribution in [-0.4, -0.2) is 22.6 Å². The SMILES string of the molecule is Cc1cc([C@@H]2CCCN2C(=O)O)cc(F)c1Br. The largest absolute Gasteiger partial charge is 0.465 e. The number of nitrogens with zero attached hydrogens (tertiary/aromatic N) is 1. The van der Waals surface area contributed by atoms with Crippen molar-refractivity contribution in [3.05, 3.63) is 33.5 Å². The standard InChI is InChI=1S/C12H13BrFNO2/c1-7-5-8(6-9(14)11(7)13)10-3-2-4-15(10)12(16)17/h5-6,10H,2-4H2,1H3,(H,16,17)/t10-/m0/s1. The summed E-state index contributed by atoms with van der Waals surface area (Å²) >= 11 is 3.16. The van der Waals surface area contributed by atoms with Crippen molar-refractivity contribution in [2.75, 3.05) is 6.54 Å². The minimum Gasteiger partial charge on any atom is -0.465 e. The molecule has 17 heavy (non-hydrogen) atoms. The van der Waals surface area contributed by atoms with Gasteiger partial charge in [-0.25, -0.2) is 9.18 Å². The van der Waals surface area contributed by atoms with E-state index < -0.39 is 6.09 Å². The second-order valence-corrected chi connectivity index (χ2v) is 5.06. The van der Waals surface area contributed by atoms with E-state index in [9.17, 15) is 9.18 Å². The summed E-state index contributed by atoms with van der Waals surface area (Å²) in [5, 5.41) is 9.06. The maximum absolute atomic E-state index is 13.6. The fraction of sp³-hybridized carbons (Fsp3) is 0.417. The quantitative estimate of drug-likeness (QED) is 0.859. The van der Waals surface area contributed by atoms with Gasteiger partial charge in [-0.1, -0.05) is 6.07 Å².